The molecule has 0 saturated heterocycles. The highest BCUT2D eigenvalue weighted by Crippen LogP contribution is 1.92. The Bertz CT molecular complexity index is 68.8. The maximum atomic E-state index is 4.93. The maximum absolute atomic E-state index is 4.93. The van der Waals surface area contributed by atoms with Gasteiger partial charge in [0.2, 0.25) is 0 Å². The molecule has 0 atom stereocenters. The summed E-state index contributed by atoms with van der Waals surface area (Å²) in [6.07, 6.45) is 0. The van der Waals surface area contributed by atoms with Gasteiger partial charge in [0.15, 0.2) is 9.76 Å². The van der Waals surface area contributed by atoms with E-state index >= 15 is 0 Å². The lowest BCUT2D eigenvalue weighted by atomic mass is 10.4. The molecule has 0 rings (SSSR count). The standard InChI is InChI=1S/C5H12OSi.CH4.I2/c1-5(2)4-7-6-3;;1-2/h1,4,7H2,2-3H3;1H4;. The third kappa shape index (κ3) is 22.8. The van der Waals surface area contributed by atoms with E-state index in [1.54, 1.807) is 7.11 Å². The van der Waals surface area contributed by atoms with Gasteiger partial charge in [0.1, 0.15) is 0 Å². The number of hydrogen-bond donors (Lipinski definition) is 0. The van der Waals surface area contributed by atoms with Gasteiger partial charge < -0.3 is 4.43 Å². The van der Waals surface area contributed by atoms with Crippen molar-refractivity contribution >= 4 is 47.0 Å². The molecule has 0 spiro atoms. The van der Waals surface area contributed by atoms with Gasteiger partial charge in [-0.25, -0.2) is 0 Å². The van der Waals surface area contributed by atoms with E-state index in [-0.39, 0.29) is 17.2 Å². The van der Waals surface area contributed by atoms with E-state index in [2.05, 4.69) is 43.8 Å². The SMILES string of the molecule is C.C=C(C)C[SiH2]OC.II. The van der Waals surface area contributed by atoms with Gasteiger partial charge in [-0.2, -0.15) is 0 Å². The summed E-state index contributed by atoms with van der Waals surface area (Å²) in [6.45, 7) is 5.78. The van der Waals surface area contributed by atoms with Gasteiger partial charge in [0.25, 0.3) is 0 Å². The van der Waals surface area contributed by atoms with Crippen LogP contribution in [-0.4, -0.2) is 16.9 Å². The van der Waals surface area contributed by atoms with Gasteiger partial charge in [-0.1, -0.05) is 13.0 Å². The molecular weight excluding hydrogens is 370 g/mol. The number of allylic oxidation sites excluding steroid dienone is 1. The number of halogens is 2. The summed E-state index contributed by atoms with van der Waals surface area (Å²) in [6, 6.07) is 1.12. The molecule has 0 aliphatic carbocycles. The molecule has 0 amide bonds. The lowest BCUT2D eigenvalue weighted by molar-refractivity contribution is 0.443. The second-order valence-corrected chi connectivity index (χ2v) is 3.19. The molecule has 1 nitrogen and oxygen atoms in total. The smallest absolute Gasteiger partial charge is 0.164 e. The molecule has 0 aromatic carbocycles. The van der Waals surface area contributed by atoms with Gasteiger partial charge >= 0.3 is 0 Å². The van der Waals surface area contributed by atoms with Gasteiger partial charge in [0, 0.05) is 44.3 Å². The van der Waals surface area contributed by atoms with Crippen LogP contribution in [0.5, 0.6) is 0 Å². The van der Waals surface area contributed by atoms with Gasteiger partial charge in [-0.3, -0.25) is 0 Å². The van der Waals surface area contributed by atoms with Crippen molar-refractivity contribution in [3.8, 4) is 0 Å². The fourth-order valence-electron chi connectivity index (χ4n) is 0.276. The van der Waals surface area contributed by atoms with Gasteiger partial charge in [-0.05, 0) is 13.0 Å². The molecule has 0 radical (unpaired) electrons. The van der Waals surface area contributed by atoms with E-state index in [0.29, 0.717) is 0 Å². The molecule has 0 aliphatic rings. The van der Waals surface area contributed by atoms with E-state index in [1.165, 1.54) is 5.57 Å². The van der Waals surface area contributed by atoms with E-state index in [9.17, 15) is 0 Å². The molecule has 64 valence electrons. The molecule has 0 aromatic heterocycles. The molecule has 0 heterocycles. The van der Waals surface area contributed by atoms with Gasteiger partial charge in [-0.15, -0.1) is 6.58 Å². The Labute approximate surface area is 90.3 Å². The lowest BCUT2D eigenvalue weighted by Crippen LogP contribution is -1.91. The molecule has 0 fully saturated rings. The molecule has 0 N–H and O–H groups in total. The molecule has 0 aliphatic heterocycles. The average Bonchev–Trinajstić information content (AvgIpc) is 1.88. The summed E-state index contributed by atoms with van der Waals surface area (Å²) in [5.41, 5.74) is 1.24. The summed E-state index contributed by atoms with van der Waals surface area (Å²) in [7, 11) is 1.53. The Morgan fingerprint density at radius 1 is 1.60 bits per heavy atom. The van der Waals surface area contributed by atoms with Crippen LogP contribution < -0.4 is 0 Å². The van der Waals surface area contributed by atoms with Gasteiger partial charge in [0.05, 0.1) is 0 Å². The fraction of sp³-hybridized carbons (Fsp3) is 0.667. The van der Waals surface area contributed by atoms with E-state index < -0.39 is 0 Å². The zero-order valence-electron chi connectivity index (χ0n) is 5.79. The normalized spacial score (nSPS) is 8.00. The minimum atomic E-state index is -0.225. The third-order valence-electron chi connectivity index (χ3n) is 0.733. The molecule has 0 bridgehead atoms. The first-order valence-electron chi connectivity index (χ1n) is 2.55. The Balaban J connectivity index is -0.000000149. The molecule has 0 aromatic rings. The Morgan fingerprint density at radius 2 is 2.00 bits per heavy atom. The van der Waals surface area contributed by atoms with E-state index in [1.807, 2.05) is 6.92 Å². The van der Waals surface area contributed by atoms with Crippen molar-refractivity contribution in [1.29, 1.82) is 0 Å². The van der Waals surface area contributed by atoms with Crippen LogP contribution in [0.4, 0.5) is 0 Å². The van der Waals surface area contributed by atoms with Crippen molar-refractivity contribution < 1.29 is 4.43 Å². The second-order valence-electron chi connectivity index (χ2n) is 1.70. The molecule has 4 heteroatoms. The molecule has 0 unspecified atom stereocenters. The van der Waals surface area contributed by atoms with Crippen molar-refractivity contribution in [2.45, 2.75) is 20.4 Å². The quantitative estimate of drug-likeness (QED) is 0.412. The van der Waals surface area contributed by atoms with Crippen molar-refractivity contribution in [3.63, 3.8) is 0 Å². The molecule has 0 saturated carbocycles. The van der Waals surface area contributed by atoms with Crippen molar-refractivity contribution in [1.82, 2.24) is 0 Å². The molecule has 10 heavy (non-hydrogen) atoms. The van der Waals surface area contributed by atoms with Crippen LogP contribution in [0.2, 0.25) is 6.04 Å². The monoisotopic (exact) mass is 386 g/mol. The lowest BCUT2D eigenvalue weighted by Gasteiger charge is -1.92. The fourth-order valence-corrected chi connectivity index (χ4v) is 0.829. The molecular formula is C6H16I2OSi. The van der Waals surface area contributed by atoms with Crippen LogP contribution in [0, 0.1) is 0 Å². The minimum Gasteiger partial charge on any atom is -0.427 e. The Hall–Kier alpha value is 1.38. The summed E-state index contributed by atoms with van der Waals surface area (Å²) in [4.78, 5) is 0. The first-order chi connectivity index (χ1) is 4.27. The number of hydrogen-bond acceptors (Lipinski definition) is 1. The van der Waals surface area contributed by atoms with Crippen molar-refractivity contribution in [2.75, 3.05) is 7.11 Å². The Kier molecular flexibility index (Phi) is 29.3. The zero-order valence-corrected chi connectivity index (χ0v) is 11.5. The first kappa shape index (κ1) is 17.5. The van der Waals surface area contributed by atoms with E-state index in [0.717, 1.165) is 6.04 Å². The van der Waals surface area contributed by atoms with Crippen LogP contribution in [-0.2, 0) is 4.43 Å². The average molecular weight is 386 g/mol. The van der Waals surface area contributed by atoms with Crippen molar-refractivity contribution in [3.05, 3.63) is 12.2 Å². The minimum absolute atomic E-state index is 0. The highest BCUT2D eigenvalue weighted by Gasteiger charge is 1.82. The summed E-state index contributed by atoms with van der Waals surface area (Å²) < 4.78 is 4.93. The third-order valence-corrected chi connectivity index (χ3v) is 2.20. The zero-order chi connectivity index (χ0) is 7.70. The topological polar surface area (TPSA) is 9.23 Å². The van der Waals surface area contributed by atoms with Crippen LogP contribution in [0.15, 0.2) is 12.2 Å². The summed E-state index contributed by atoms with van der Waals surface area (Å²) >= 11 is 4.24. The van der Waals surface area contributed by atoms with Crippen molar-refractivity contribution in [2.24, 2.45) is 0 Å². The first-order valence-corrected chi connectivity index (χ1v) is 10.4. The number of rotatable bonds is 3. The van der Waals surface area contributed by atoms with Crippen LogP contribution in [0.3, 0.4) is 0 Å². The van der Waals surface area contributed by atoms with Crippen LogP contribution in [0.25, 0.3) is 0 Å². The highest BCUT2D eigenvalue weighted by molar-refractivity contribution is 15.0. The maximum Gasteiger partial charge on any atom is 0.164 e. The second kappa shape index (κ2) is 16.8. The largest absolute Gasteiger partial charge is 0.427 e. The predicted octanol–water partition coefficient (Wildman–Crippen LogP) is 3.12. The Morgan fingerprint density at radius 3 is 2.10 bits per heavy atom. The van der Waals surface area contributed by atoms with Crippen LogP contribution in [0.1, 0.15) is 14.4 Å². The predicted molar refractivity (Wildman–Crippen MR) is 69.9 cm³/mol. The summed E-state index contributed by atoms with van der Waals surface area (Å²) in [5.74, 6) is 0. The summed E-state index contributed by atoms with van der Waals surface area (Å²) in [5, 5.41) is 0. The van der Waals surface area contributed by atoms with Crippen LogP contribution >= 0.6 is 37.2 Å². The van der Waals surface area contributed by atoms with E-state index in [4.69, 9.17) is 4.43 Å². The highest BCUT2D eigenvalue weighted by atomic mass is 128.